The Hall–Kier alpha value is -4.78. The molecule has 2 aliphatic heterocycles. The maximum Gasteiger partial charge on any atom is 0.150 e. The molecule has 0 saturated heterocycles. The topological polar surface area (TPSA) is 75.0 Å². The van der Waals surface area contributed by atoms with Crippen molar-refractivity contribution in [3.05, 3.63) is 132 Å². The average Bonchev–Trinajstić information content (AvgIpc) is 3.67. The van der Waals surface area contributed by atoms with Gasteiger partial charge in [-0.05, 0) is 63.1 Å². The van der Waals surface area contributed by atoms with Gasteiger partial charge in [-0.1, -0.05) is 72.8 Å². The number of aryl methyl sites for hydroxylation is 2. The molecule has 0 fully saturated rings. The summed E-state index contributed by atoms with van der Waals surface area (Å²) >= 11 is 0. The summed E-state index contributed by atoms with van der Waals surface area (Å²) in [6, 6.07) is 31.9. The van der Waals surface area contributed by atoms with Crippen LogP contribution < -0.4 is 0 Å². The number of fused-ring (bicyclic) bond motifs is 4. The maximum atomic E-state index is 11.0. The van der Waals surface area contributed by atoms with Gasteiger partial charge in [-0.2, -0.15) is 0 Å². The first-order valence-electron chi connectivity index (χ1n) is 14.1. The van der Waals surface area contributed by atoms with Crippen molar-refractivity contribution in [3.8, 4) is 0 Å². The summed E-state index contributed by atoms with van der Waals surface area (Å²) in [6.45, 7) is 7.77. The van der Waals surface area contributed by atoms with Crippen molar-refractivity contribution >= 4 is 44.9 Å². The van der Waals surface area contributed by atoms with Crippen LogP contribution in [0.15, 0.2) is 119 Å². The third-order valence-corrected chi connectivity index (χ3v) is 8.46. The molecule has 0 aliphatic carbocycles. The molecule has 6 aromatic rings. The number of aromatic nitrogens is 2. The van der Waals surface area contributed by atoms with Crippen molar-refractivity contribution in [2.24, 2.45) is 9.98 Å². The highest BCUT2D eigenvalue weighted by Crippen LogP contribution is 2.41. The minimum absolute atomic E-state index is 0.660. The van der Waals surface area contributed by atoms with Gasteiger partial charge in [0.15, 0.2) is 0 Å². The highest BCUT2D eigenvalue weighted by atomic mass is 16.3. The van der Waals surface area contributed by atoms with E-state index in [1.165, 1.54) is 21.9 Å². The van der Waals surface area contributed by atoms with Crippen LogP contribution >= 0.6 is 0 Å². The SMILES string of the molecule is Cc1cn(C2=Nc3ccccc3[C@@]2(C)O)c2ccccc12.Cc1cn(C2=Nc3ccccc3[C@@]2(C)O)c2ccccc12. The first-order valence-corrected chi connectivity index (χ1v) is 14.1. The molecule has 4 aromatic carbocycles. The van der Waals surface area contributed by atoms with E-state index in [9.17, 15) is 10.2 Å². The van der Waals surface area contributed by atoms with Crippen LogP contribution in [0, 0.1) is 13.8 Å². The molecule has 0 amide bonds. The highest BCUT2D eigenvalue weighted by molar-refractivity contribution is 6.06. The molecule has 0 bridgehead atoms. The quantitative estimate of drug-likeness (QED) is 0.205. The summed E-state index contributed by atoms with van der Waals surface area (Å²) in [7, 11) is 0. The molecule has 2 aromatic heterocycles. The Kier molecular flexibility index (Phi) is 5.84. The fourth-order valence-corrected chi connectivity index (χ4v) is 6.28. The third-order valence-electron chi connectivity index (χ3n) is 8.46. The Balaban J connectivity index is 0.000000137. The van der Waals surface area contributed by atoms with Crippen LogP contribution in [-0.2, 0) is 11.2 Å². The molecule has 4 heterocycles. The number of aliphatic imine (C=N–C) groups is 2. The van der Waals surface area contributed by atoms with Crippen LogP contribution in [0.25, 0.3) is 21.8 Å². The first kappa shape index (κ1) is 26.1. The minimum Gasteiger partial charge on any atom is -0.377 e. The predicted octanol–water partition coefficient (Wildman–Crippen LogP) is 7.50. The van der Waals surface area contributed by atoms with E-state index in [4.69, 9.17) is 0 Å². The van der Waals surface area contributed by atoms with Gasteiger partial charge >= 0.3 is 0 Å². The van der Waals surface area contributed by atoms with Gasteiger partial charge < -0.3 is 19.3 Å². The van der Waals surface area contributed by atoms with E-state index in [0.717, 1.165) is 33.5 Å². The lowest BCUT2D eigenvalue weighted by atomic mass is 9.96. The lowest BCUT2D eigenvalue weighted by molar-refractivity contribution is 0.133. The summed E-state index contributed by atoms with van der Waals surface area (Å²) in [5.41, 5.74) is 5.74. The second-order valence-corrected chi connectivity index (χ2v) is 11.4. The van der Waals surface area contributed by atoms with Crippen LogP contribution in [0.1, 0.15) is 36.1 Å². The summed E-state index contributed by atoms with van der Waals surface area (Å²) < 4.78 is 4.01. The zero-order valence-electron chi connectivity index (χ0n) is 24.1. The summed E-state index contributed by atoms with van der Waals surface area (Å²) in [6.07, 6.45) is 4.09. The number of para-hydroxylation sites is 4. The van der Waals surface area contributed by atoms with Crippen LogP contribution in [-0.4, -0.2) is 31.0 Å². The van der Waals surface area contributed by atoms with Gasteiger partial charge in [0.2, 0.25) is 0 Å². The molecule has 2 atom stereocenters. The molecule has 0 unspecified atom stereocenters. The van der Waals surface area contributed by atoms with Crippen LogP contribution in [0.5, 0.6) is 0 Å². The van der Waals surface area contributed by atoms with E-state index in [2.05, 4.69) is 48.1 Å². The fraction of sp³-hybridized carbons (Fsp3) is 0.167. The Morgan fingerprint density at radius 2 is 0.881 bits per heavy atom. The first-order chi connectivity index (χ1) is 20.2. The molecule has 42 heavy (non-hydrogen) atoms. The van der Waals surface area contributed by atoms with Crippen LogP contribution in [0.3, 0.4) is 0 Å². The minimum atomic E-state index is -1.08. The van der Waals surface area contributed by atoms with E-state index < -0.39 is 11.2 Å². The standard InChI is InChI=1S/2C18H16N2O/c2*1-12-11-20(16-10-6-3-7-13(12)16)17-18(2,21)14-8-4-5-9-15(14)19-17/h2*3-11,21H,1-2H3/t2*18-/m11/s1. The van der Waals surface area contributed by atoms with Crippen molar-refractivity contribution in [2.45, 2.75) is 38.9 Å². The smallest absolute Gasteiger partial charge is 0.150 e. The molecular weight excluding hydrogens is 520 g/mol. The second kappa shape index (κ2) is 9.38. The van der Waals surface area contributed by atoms with Crippen molar-refractivity contribution in [2.75, 3.05) is 0 Å². The average molecular weight is 553 g/mol. The van der Waals surface area contributed by atoms with Crippen molar-refractivity contribution in [1.82, 2.24) is 9.13 Å². The van der Waals surface area contributed by atoms with Gasteiger partial charge in [0, 0.05) is 34.3 Å². The van der Waals surface area contributed by atoms with E-state index >= 15 is 0 Å². The molecule has 0 spiro atoms. The van der Waals surface area contributed by atoms with E-state index in [0.29, 0.717) is 11.7 Å². The Morgan fingerprint density at radius 1 is 0.524 bits per heavy atom. The number of nitrogens with zero attached hydrogens (tertiary/aromatic N) is 4. The van der Waals surface area contributed by atoms with Crippen molar-refractivity contribution in [1.29, 1.82) is 0 Å². The van der Waals surface area contributed by atoms with E-state index in [-0.39, 0.29) is 0 Å². The van der Waals surface area contributed by atoms with Crippen molar-refractivity contribution < 1.29 is 10.2 Å². The molecule has 0 radical (unpaired) electrons. The summed E-state index contributed by atoms with van der Waals surface area (Å²) in [5, 5.41) is 24.3. The van der Waals surface area contributed by atoms with Crippen molar-refractivity contribution in [3.63, 3.8) is 0 Å². The number of benzene rings is 4. The zero-order valence-corrected chi connectivity index (χ0v) is 24.1. The lowest BCUT2D eigenvalue weighted by Crippen LogP contribution is -2.33. The molecule has 208 valence electrons. The van der Waals surface area contributed by atoms with Gasteiger partial charge in [-0.25, -0.2) is 9.98 Å². The molecule has 8 rings (SSSR count). The zero-order chi connectivity index (χ0) is 29.2. The van der Waals surface area contributed by atoms with Crippen LogP contribution in [0.2, 0.25) is 0 Å². The Labute approximate surface area is 244 Å². The van der Waals surface area contributed by atoms with Gasteiger partial charge in [-0.3, -0.25) is 0 Å². The van der Waals surface area contributed by atoms with Gasteiger partial charge in [0.05, 0.1) is 22.4 Å². The third kappa shape index (κ3) is 3.87. The number of aliphatic hydroxyl groups is 2. The maximum absolute atomic E-state index is 11.0. The summed E-state index contributed by atoms with van der Waals surface area (Å²) in [4.78, 5) is 9.34. The molecule has 2 aliphatic rings. The fourth-order valence-electron chi connectivity index (χ4n) is 6.28. The van der Waals surface area contributed by atoms with Gasteiger partial charge in [0.1, 0.15) is 22.9 Å². The van der Waals surface area contributed by atoms with E-state index in [1.54, 1.807) is 0 Å². The molecule has 6 heteroatoms. The monoisotopic (exact) mass is 552 g/mol. The Bertz CT molecular complexity index is 1920. The van der Waals surface area contributed by atoms with Gasteiger partial charge in [-0.15, -0.1) is 0 Å². The second-order valence-electron chi connectivity index (χ2n) is 11.4. The van der Waals surface area contributed by atoms with E-state index in [1.807, 2.05) is 108 Å². The molecule has 0 saturated carbocycles. The molecule has 6 nitrogen and oxygen atoms in total. The summed E-state index contributed by atoms with van der Waals surface area (Å²) in [5.74, 6) is 1.32. The molecule has 2 N–H and O–H groups in total. The predicted molar refractivity (Wildman–Crippen MR) is 170 cm³/mol. The number of rotatable bonds is 0. The number of hydrogen-bond acceptors (Lipinski definition) is 4. The largest absolute Gasteiger partial charge is 0.377 e. The highest BCUT2D eigenvalue weighted by Gasteiger charge is 2.40. The van der Waals surface area contributed by atoms with Gasteiger partial charge in [0.25, 0.3) is 0 Å². The number of hydrogen-bond donors (Lipinski definition) is 2. The normalized spacial score (nSPS) is 20.6. The van der Waals surface area contributed by atoms with Crippen LogP contribution in [0.4, 0.5) is 11.4 Å². The lowest BCUT2D eigenvalue weighted by Gasteiger charge is -2.22. The Morgan fingerprint density at radius 3 is 1.29 bits per heavy atom. The molecular formula is C36H32N4O2.